The van der Waals surface area contributed by atoms with Gasteiger partial charge in [0, 0.05) is 6.42 Å². The van der Waals surface area contributed by atoms with Crippen molar-refractivity contribution in [1.82, 2.24) is 0 Å². The zero-order valence-electron chi connectivity index (χ0n) is 16.2. The van der Waals surface area contributed by atoms with Crippen LogP contribution in [0.4, 0.5) is 0 Å². The van der Waals surface area contributed by atoms with Crippen molar-refractivity contribution in [2.24, 2.45) is 0 Å². The molecule has 0 bridgehead atoms. The fourth-order valence-corrected chi connectivity index (χ4v) is 3.15. The van der Waals surface area contributed by atoms with Crippen molar-refractivity contribution in [1.29, 1.82) is 0 Å². The van der Waals surface area contributed by atoms with Crippen LogP contribution >= 0.6 is 0 Å². The van der Waals surface area contributed by atoms with E-state index in [0.717, 1.165) is 16.7 Å². The third-order valence-corrected chi connectivity index (χ3v) is 4.89. The van der Waals surface area contributed by atoms with Crippen molar-refractivity contribution in [3.05, 3.63) is 87.8 Å². The van der Waals surface area contributed by atoms with Crippen LogP contribution in [0.1, 0.15) is 23.1 Å². The summed E-state index contributed by atoms with van der Waals surface area (Å²) in [5, 5.41) is 0.370. The lowest BCUT2D eigenvalue weighted by Gasteiger charge is -2.10. The summed E-state index contributed by atoms with van der Waals surface area (Å²) in [4.78, 5) is 25.6. The van der Waals surface area contributed by atoms with Gasteiger partial charge in [-0.3, -0.25) is 9.59 Å². The molecule has 0 saturated carbocycles. The molecule has 5 nitrogen and oxygen atoms in total. The minimum absolute atomic E-state index is 0.115. The van der Waals surface area contributed by atoms with Crippen LogP contribution in [0.5, 0.6) is 5.75 Å². The van der Waals surface area contributed by atoms with Crippen LogP contribution < -0.4 is 10.2 Å². The first-order valence-corrected chi connectivity index (χ1v) is 9.39. The first-order chi connectivity index (χ1) is 14.0. The van der Waals surface area contributed by atoms with E-state index in [-0.39, 0.29) is 17.9 Å². The Morgan fingerprint density at radius 1 is 1.00 bits per heavy atom. The van der Waals surface area contributed by atoms with Crippen LogP contribution in [0.3, 0.4) is 0 Å². The quantitative estimate of drug-likeness (QED) is 0.439. The number of hydrogen-bond acceptors (Lipinski definition) is 5. The molecular formula is C24H20O5. The van der Waals surface area contributed by atoms with Gasteiger partial charge in [0.1, 0.15) is 5.58 Å². The minimum atomic E-state index is -0.503. The molecule has 146 valence electrons. The summed E-state index contributed by atoms with van der Waals surface area (Å²) >= 11 is 0. The van der Waals surface area contributed by atoms with E-state index in [1.54, 1.807) is 24.3 Å². The number of carbonyl (C=O) groups is 1. The summed E-state index contributed by atoms with van der Waals surface area (Å²) in [5.74, 6) is -0.206. The van der Waals surface area contributed by atoms with Crippen molar-refractivity contribution in [3.63, 3.8) is 0 Å². The number of aryl methyl sites for hydroxylation is 3. The van der Waals surface area contributed by atoms with E-state index < -0.39 is 11.4 Å². The number of fused-ring (bicyclic) bond motifs is 1. The summed E-state index contributed by atoms with van der Waals surface area (Å²) in [6.45, 7) is 3.86. The number of rotatable bonds is 5. The molecule has 0 atom stereocenters. The molecule has 0 spiro atoms. The van der Waals surface area contributed by atoms with Gasteiger partial charge in [0.05, 0.1) is 11.6 Å². The smallest absolute Gasteiger partial charge is 0.311 e. The Balaban J connectivity index is 1.72. The van der Waals surface area contributed by atoms with Gasteiger partial charge in [-0.2, -0.15) is 0 Å². The summed E-state index contributed by atoms with van der Waals surface area (Å²) in [6.07, 6.45) is 2.14. The van der Waals surface area contributed by atoms with Crippen molar-refractivity contribution in [2.75, 3.05) is 0 Å². The molecule has 0 N–H and O–H groups in total. The van der Waals surface area contributed by atoms with Crippen LogP contribution in [0.25, 0.3) is 22.5 Å². The Morgan fingerprint density at radius 2 is 1.76 bits per heavy atom. The zero-order chi connectivity index (χ0) is 20.4. The van der Waals surface area contributed by atoms with Gasteiger partial charge in [0.15, 0.2) is 5.76 Å². The van der Waals surface area contributed by atoms with E-state index in [0.29, 0.717) is 23.2 Å². The Bertz CT molecular complexity index is 1220. The highest BCUT2D eigenvalue weighted by atomic mass is 16.5. The molecule has 0 saturated heterocycles. The number of carbonyl (C=O) groups excluding carboxylic acids is 1. The summed E-state index contributed by atoms with van der Waals surface area (Å²) in [6, 6.07) is 16.5. The predicted molar refractivity (Wildman–Crippen MR) is 110 cm³/mol. The standard InChI is InChI=1S/C24H20O5/c1-15-13-18-20(14-16(15)2)28-23(19-9-6-12-27-19)24(22(18)26)29-21(25)11-10-17-7-4-3-5-8-17/h3-9,12-14H,10-11H2,1-2H3. The van der Waals surface area contributed by atoms with E-state index in [4.69, 9.17) is 13.6 Å². The van der Waals surface area contributed by atoms with Gasteiger partial charge in [-0.1, -0.05) is 30.3 Å². The second kappa shape index (κ2) is 7.80. The summed E-state index contributed by atoms with van der Waals surface area (Å²) in [7, 11) is 0. The molecule has 5 heteroatoms. The minimum Gasteiger partial charge on any atom is -0.461 e. The third kappa shape index (κ3) is 3.85. The number of furan rings is 1. The Kier molecular flexibility index (Phi) is 5.04. The zero-order valence-corrected chi connectivity index (χ0v) is 16.2. The second-order valence-electron chi connectivity index (χ2n) is 6.96. The largest absolute Gasteiger partial charge is 0.461 e. The number of benzene rings is 2. The molecule has 4 rings (SSSR count). The van der Waals surface area contributed by atoms with Crippen LogP contribution in [-0.4, -0.2) is 5.97 Å². The van der Waals surface area contributed by atoms with Gasteiger partial charge in [0.2, 0.25) is 16.9 Å². The number of hydrogen-bond donors (Lipinski definition) is 0. The van der Waals surface area contributed by atoms with Gasteiger partial charge < -0.3 is 13.6 Å². The molecule has 0 amide bonds. The summed E-state index contributed by atoms with van der Waals surface area (Å²) in [5.41, 5.74) is 3.00. The predicted octanol–water partition coefficient (Wildman–Crippen LogP) is 5.21. The van der Waals surface area contributed by atoms with Gasteiger partial charge in [-0.25, -0.2) is 0 Å². The van der Waals surface area contributed by atoms with Gasteiger partial charge >= 0.3 is 5.97 Å². The Labute approximate surface area is 167 Å². The maximum atomic E-state index is 13.1. The molecule has 29 heavy (non-hydrogen) atoms. The van der Waals surface area contributed by atoms with E-state index >= 15 is 0 Å². The van der Waals surface area contributed by atoms with E-state index in [9.17, 15) is 9.59 Å². The van der Waals surface area contributed by atoms with Crippen molar-refractivity contribution in [2.45, 2.75) is 26.7 Å². The van der Waals surface area contributed by atoms with E-state index in [1.807, 2.05) is 44.2 Å². The summed E-state index contributed by atoms with van der Waals surface area (Å²) < 4.78 is 16.8. The van der Waals surface area contributed by atoms with Crippen molar-refractivity contribution >= 4 is 16.9 Å². The molecule has 0 aliphatic heterocycles. The molecule has 0 radical (unpaired) electrons. The lowest BCUT2D eigenvalue weighted by atomic mass is 10.1. The van der Waals surface area contributed by atoms with Gasteiger partial charge in [-0.05, 0) is 61.2 Å². The molecule has 0 aliphatic rings. The highest BCUT2D eigenvalue weighted by Crippen LogP contribution is 2.32. The number of ether oxygens (including phenoxy) is 1. The van der Waals surface area contributed by atoms with Crippen LogP contribution in [-0.2, 0) is 11.2 Å². The van der Waals surface area contributed by atoms with Crippen LogP contribution in [0, 0.1) is 13.8 Å². The van der Waals surface area contributed by atoms with Gasteiger partial charge in [0.25, 0.3) is 0 Å². The topological polar surface area (TPSA) is 69.7 Å². The maximum absolute atomic E-state index is 13.1. The molecule has 0 aliphatic carbocycles. The fraction of sp³-hybridized carbons (Fsp3) is 0.167. The van der Waals surface area contributed by atoms with Crippen molar-refractivity contribution in [3.8, 4) is 17.3 Å². The normalized spacial score (nSPS) is 11.0. The first kappa shape index (κ1) is 18.7. The lowest BCUT2D eigenvalue weighted by Crippen LogP contribution is -2.16. The Morgan fingerprint density at radius 3 is 2.48 bits per heavy atom. The molecule has 2 aromatic carbocycles. The highest BCUT2D eigenvalue weighted by molar-refractivity contribution is 5.84. The average molecular weight is 388 g/mol. The lowest BCUT2D eigenvalue weighted by molar-refractivity contribution is -0.134. The number of esters is 1. The fourth-order valence-electron chi connectivity index (χ4n) is 3.15. The first-order valence-electron chi connectivity index (χ1n) is 9.39. The molecule has 0 fully saturated rings. The molecule has 0 unspecified atom stereocenters. The highest BCUT2D eigenvalue weighted by Gasteiger charge is 2.22. The monoisotopic (exact) mass is 388 g/mol. The molecular weight excluding hydrogens is 368 g/mol. The second-order valence-corrected chi connectivity index (χ2v) is 6.96. The Hall–Kier alpha value is -3.60. The third-order valence-electron chi connectivity index (χ3n) is 4.89. The maximum Gasteiger partial charge on any atom is 0.311 e. The average Bonchev–Trinajstić information content (AvgIpc) is 3.25. The van der Waals surface area contributed by atoms with E-state index in [2.05, 4.69) is 0 Å². The SMILES string of the molecule is Cc1cc2oc(-c3ccco3)c(OC(=O)CCc3ccccc3)c(=O)c2cc1C. The molecule has 2 heterocycles. The van der Waals surface area contributed by atoms with Crippen LogP contribution in [0.2, 0.25) is 0 Å². The molecule has 4 aromatic rings. The van der Waals surface area contributed by atoms with Crippen molar-refractivity contribution < 1.29 is 18.4 Å². The van der Waals surface area contributed by atoms with E-state index in [1.165, 1.54) is 6.26 Å². The van der Waals surface area contributed by atoms with Gasteiger partial charge in [-0.15, -0.1) is 0 Å². The van der Waals surface area contributed by atoms with Crippen LogP contribution in [0.15, 0.2) is 74.5 Å². The molecule has 2 aromatic heterocycles.